The third-order valence-electron chi connectivity index (χ3n) is 6.07. The van der Waals surface area contributed by atoms with Crippen LogP contribution < -0.4 is 10.2 Å². The van der Waals surface area contributed by atoms with E-state index >= 15 is 0 Å². The number of rotatable bonds is 4. The van der Waals surface area contributed by atoms with Gasteiger partial charge in [0.25, 0.3) is 0 Å². The summed E-state index contributed by atoms with van der Waals surface area (Å²) in [7, 11) is 0. The van der Waals surface area contributed by atoms with E-state index in [0.29, 0.717) is 19.0 Å². The maximum Gasteiger partial charge on any atom is 0.310 e. The van der Waals surface area contributed by atoms with Crippen LogP contribution >= 0.6 is 0 Å². The first-order valence-electron chi connectivity index (χ1n) is 10.2. The van der Waals surface area contributed by atoms with Crippen LogP contribution in [0.1, 0.15) is 46.2 Å². The normalized spacial score (nSPS) is 18.4. The van der Waals surface area contributed by atoms with Crippen molar-refractivity contribution in [2.45, 2.75) is 40.0 Å². The Kier molecular flexibility index (Phi) is 4.60. The van der Waals surface area contributed by atoms with Crippen molar-refractivity contribution in [1.29, 1.82) is 0 Å². The molecule has 4 rings (SSSR count). The molecule has 2 aliphatic heterocycles. The number of benzene rings is 2. The Morgan fingerprint density at radius 2 is 2.00 bits per heavy atom. The van der Waals surface area contributed by atoms with Crippen LogP contribution in [0.3, 0.4) is 0 Å². The van der Waals surface area contributed by atoms with E-state index in [4.69, 9.17) is 5.11 Å². The Morgan fingerprint density at radius 3 is 2.68 bits per heavy atom. The summed E-state index contributed by atoms with van der Waals surface area (Å²) in [6, 6.07) is 13.2. The summed E-state index contributed by atoms with van der Waals surface area (Å²) in [5.74, 6) is -0.466. The molecule has 2 heterocycles. The smallest absolute Gasteiger partial charge is 0.310 e. The van der Waals surface area contributed by atoms with Crippen LogP contribution in [-0.4, -0.2) is 30.7 Å². The molecule has 0 amide bonds. The standard InChI is InChI=1S/C24H30N2O2.H2/c1-15(2)17-8-18-11-24(3,4)14-25-22(18)21(10-17)16-6-5-7-20(9-16)26-12-19(13-26)23(27)28;/h5-10,15,19,25H,11-14H2,1-4H3,(H,27,28);1H. The van der Waals surface area contributed by atoms with Gasteiger partial charge in [-0.3, -0.25) is 4.79 Å². The van der Waals surface area contributed by atoms with E-state index in [-0.39, 0.29) is 12.8 Å². The number of nitrogens with one attached hydrogen (secondary N) is 1. The number of fused-ring (bicyclic) bond motifs is 1. The fraction of sp³-hybridized carbons (Fsp3) is 0.458. The van der Waals surface area contributed by atoms with E-state index in [0.717, 1.165) is 18.7 Å². The Bertz CT molecular complexity index is 917. The van der Waals surface area contributed by atoms with Gasteiger partial charge in [0.2, 0.25) is 0 Å². The number of nitrogens with zero attached hydrogens (tertiary/aromatic N) is 1. The van der Waals surface area contributed by atoms with Gasteiger partial charge in [0.05, 0.1) is 5.92 Å². The molecule has 0 aromatic heterocycles. The van der Waals surface area contributed by atoms with E-state index in [1.165, 1.54) is 27.9 Å². The highest BCUT2D eigenvalue weighted by atomic mass is 16.4. The zero-order valence-corrected chi connectivity index (χ0v) is 17.2. The molecule has 4 heteroatoms. The minimum atomic E-state index is -0.696. The molecule has 0 radical (unpaired) electrons. The summed E-state index contributed by atoms with van der Waals surface area (Å²) in [4.78, 5) is 13.3. The van der Waals surface area contributed by atoms with Gasteiger partial charge in [0.1, 0.15) is 0 Å². The Hall–Kier alpha value is -2.49. The van der Waals surface area contributed by atoms with Crippen LogP contribution in [0.15, 0.2) is 36.4 Å². The number of aliphatic carboxylic acids is 1. The Morgan fingerprint density at radius 1 is 1.25 bits per heavy atom. The summed E-state index contributed by atoms with van der Waals surface area (Å²) < 4.78 is 0. The molecular formula is C24H32N2O2. The zero-order chi connectivity index (χ0) is 20.1. The van der Waals surface area contributed by atoms with Crippen molar-refractivity contribution in [2.75, 3.05) is 29.9 Å². The van der Waals surface area contributed by atoms with Gasteiger partial charge in [-0.15, -0.1) is 0 Å². The molecule has 0 aliphatic carbocycles. The highest BCUT2D eigenvalue weighted by Gasteiger charge is 2.33. The third-order valence-corrected chi connectivity index (χ3v) is 6.07. The number of anilines is 2. The molecule has 4 nitrogen and oxygen atoms in total. The molecule has 0 bridgehead atoms. The summed E-state index contributed by atoms with van der Waals surface area (Å²) in [6.45, 7) is 11.3. The fourth-order valence-electron chi connectivity index (χ4n) is 4.26. The Balaban J connectivity index is 0.00000240. The topological polar surface area (TPSA) is 52.6 Å². The zero-order valence-electron chi connectivity index (χ0n) is 17.2. The van der Waals surface area contributed by atoms with Crippen molar-refractivity contribution >= 4 is 17.3 Å². The van der Waals surface area contributed by atoms with Gasteiger partial charge < -0.3 is 15.3 Å². The molecule has 2 aliphatic rings. The number of carbonyl (C=O) groups is 1. The van der Waals surface area contributed by atoms with E-state index in [1.807, 2.05) is 0 Å². The van der Waals surface area contributed by atoms with Gasteiger partial charge in [-0.1, -0.05) is 45.9 Å². The van der Waals surface area contributed by atoms with E-state index < -0.39 is 5.97 Å². The highest BCUT2D eigenvalue weighted by molar-refractivity contribution is 5.84. The maximum absolute atomic E-state index is 11.1. The first-order valence-corrected chi connectivity index (χ1v) is 10.2. The molecule has 0 unspecified atom stereocenters. The predicted molar refractivity (Wildman–Crippen MR) is 117 cm³/mol. The van der Waals surface area contributed by atoms with Crippen molar-refractivity contribution in [3.8, 4) is 11.1 Å². The van der Waals surface area contributed by atoms with Crippen LogP contribution in [0.4, 0.5) is 11.4 Å². The highest BCUT2D eigenvalue weighted by Crippen LogP contribution is 2.42. The second-order valence-corrected chi connectivity index (χ2v) is 9.44. The van der Waals surface area contributed by atoms with Crippen LogP contribution in [-0.2, 0) is 11.2 Å². The molecule has 1 saturated heterocycles. The number of carboxylic acid groups (broad SMARTS) is 1. The lowest BCUT2D eigenvalue weighted by Crippen LogP contribution is -2.50. The first kappa shape index (κ1) is 18.9. The molecule has 2 aromatic carbocycles. The van der Waals surface area contributed by atoms with Crippen LogP contribution in [0.2, 0.25) is 0 Å². The van der Waals surface area contributed by atoms with Crippen molar-refractivity contribution in [3.05, 3.63) is 47.5 Å². The van der Waals surface area contributed by atoms with Gasteiger partial charge in [0.15, 0.2) is 0 Å². The van der Waals surface area contributed by atoms with Crippen molar-refractivity contribution < 1.29 is 11.3 Å². The van der Waals surface area contributed by atoms with Crippen LogP contribution in [0.25, 0.3) is 11.1 Å². The van der Waals surface area contributed by atoms with Gasteiger partial charge in [-0.25, -0.2) is 0 Å². The van der Waals surface area contributed by atoms with Gasteiger partial charge in [-0.2, -0.15) is 0 Å². The molecule has 0 atom stereocenters. The second kappa shape index (κ2) is 6.84. The lowest BCUT2D eigenvalue weighted by Gasteiger charge is -2.39. The molecule has 2 N–H and O–H groups in total. The van der Waals surface area contributed by atoms with Crippen LogP contribution in [0, 0.1) is 11.3 Å². The monoisotopic (exact) mass is 380 g/mol. The molecule has 0 saturated carbocycles. The minimum absolute atomic E-state index is 0. The summed E-state index contributed by atoms with van der Waals surface area (Å²) in [5, 5.41) is 12.8. The maximum atomic E-state index is 11.1. The quantitative estimate of drug-likeness (QED) is 0.762. The molecular weight excluding hydrogens is 348 g/mol. The summed E-state index contributed by atoms with van der Waals surface area (Å²) in [5.41, 5.74) is 7.84. The Labute approximate surface area is 169 Å². The molecule has 2 aromatic rings. The summed E-state index contributed by atoms with van der Waals surface area (Å²) >= 11 is 0. The van der Waals surface area contributed by atoms with Crippen molar-refractivity contribution in [3.63, 3.8) is 0 Å². The van der Waals surface area contributed by atoms with Gasteiger partial charge in [0, 0.05) is 38.0 Å². The lowest BCUT2D eigenvalue weighted by molar-refractivity contribution is -0.142. The van der Waals surface area contributed by atoms with Gasteiger partial charge in [-0.05, 0) is 52.6 Å². The molecule has 1 fully saturated rings. The number of carboxylic acids is 1. The average Bonchev–Trinajstić information content (AvgIpc) is 2.58. The van der Waals surface area contributed by atoms with E-state index in [9.17, 15) is 4.79 Å². The molecule has 28 heavy (non-hydrogen) atoms. The fourth-order valence-corrected chi connectivity index (χ4v) is 4.26. The minimum Gasteiger partial charge on any atom is -0.481 e. The van der Waals surface area contributed by atoms with Crippen molar-refractivity contribution in [1.82, 2.24) is 0 Å². The predicted octanol–water partition coefficient (Wildman–Crippen LogP) is 5.24. The third kappa shape index (κ3) is 3.48. The molecule has 150 valence electrons. The van der Waals surface area contributed by atoms with Crippen LogP contribution in [0.5, 0.6) is 0 Å². The van der Waals surface area contributed by atoms with Gasteiger partial charge >= 0.3 is 5.97 Å². The first-order chi connectivity index (χ1) is 13.2. The van der Waals surface area contributed by atoms with E-state index in [1.54, 1.807) is 0 Å². The average molecular weight is 381 g/mol. The largest absolute Gasteiger partial charge is 0.481 e. The van der Waals surface area contributed by atoms with E-state index in [2.05, 4.69) is 74.3 Å². The number of hydrogen-bond donors (Lipinski definition) is 2. The number of hydrogen-bond acceptors (Lipinski definition) is 3. The molecule has 0 spiro atoms. The summed E-state index contributed by atoms with van der Waals surface area (Å²) in [6.07, 6.45) is 1.08. The van der Waals surface area contributed by atoms with Crippen molar-refractivity contribution in [2.24, 2.45) is 11.3 Å². The lowest BCUT2D eigenvalue weighted by atomic mass is 9.79. The second-order valence-electron chi connectivity index (χ2n) is 9.44. The SMILES string of the molecule is CC(C)c1cc2c(c(-c3cccc(N4CC(C(=O)O)C4)c3)c1)NCC(C)(C)C2.[HH].